The highest BCUT2D eigenvalue weighted by Gasteiger charge is 2.16. The first-order valence-corrected chi connectivity index (χ1v) is 9.37. The number of halogens is 1. The van der Waals surface area contributed by atoms with E-state index in [1.54, 1.807) is 17.8 Å². The second kappa shape index (κ2) is 9.97. The van der Waals surface area contributed by atoms with Crippen molar-refractivity contribution in [2.24, 2.45) is 0 Å². The fourth-order valence-corrected chi connectivity index (χ4v) is 3.16. The molecular weight excluding hydrogens is 338 g/mol. The van der Waals surface area contributed by atoms with Crippen molar-refractivity contribution >= 4 is 24.2 Å². The van der Waals surface area contributed by atoms with Gasteiger partial charge in [-0.05, 0) is 69.2 Å². The molecule has 2 rings (SSSR count). The minimum Gasteiger partial charge on any atom is -0.507 e. The van der Waals surface area contributed by atoms with E-state index in [1.807, 2.05) is 12.3 Å². The Morgan fingerprint density at radius 3 is 2.38 bits per heavy atom. The zero-order chi connectivity index (χ0) is 16.7. The molecule has 0 saturated heterocycles. The average Bonchev–Trinajstić information content (AvgIpc) is 2.55. The van der Waals surface area contributed by atoms with Crippen molar-refractivity contribution in [2.75, 3.05) is 12.8 Å². The fraction of sp³-hybridized carbons (Fsp3) is 0.400. The lowest BCUT2D eigenvalue weighted by molar-refractivity contribution is 0.365. The van der Waals surface area contributed by atoms with Gasteiger partial charge in [-0.3, -0.25) is 0 Å². The van der Waals surface area contributed by atoms with Crippen LogP contribution in [-0.2, 0) is 12.8 Å². The molecule has 0 unspecified atom stereocenters. The predicted octanol–water partition coefficient (Wildman–Crippen LogP) is 5.08. The molecule has 2 N–H and O–H groups in total. The van der Waals surface area contributed by atoms with Crippen molar-refractivity contribution < 1.29 is 5.11 Å². The highest BCUT2D eigenvalue weighted by atomic mass is 35.5. The molecular formula is C20H28ClNOS. The summed E-state index contributed by atoms with van der Waals surface area (Å²) in [6.07, 6.45) is 5.17. The molecule has 24 heavy (non-hydrogen) atoms. The van der Waals surface area contributed by atoms with Crippen LogP contribution in [0, 0.1) is 0 Å². The largest absolute Gasteiger partial charge is 0.507 e. The van der Waals surface area contributed by atoms with E-state index < -0.39 is 0 Å². The van der Waals surface area contributed by atoms with Crippen LogP contribution in [0.25, 0.3) is 0 Å². The minimum absolute atomic E-state index is 0. The third-order valence-corrected chi connectivity index (χ3v) is 4.91. The van der Waals surface area contributed by atoms with E-state index in [2.05, 4.69) is 55.6 Å². The summed E-state index contributed by atoms with van der Waals surface area (Å²) in [5, 5.41) is 13.4. The molecule has 0 aliphatic heterocycles. The molecule has 0 aliphatic carbocycles. The third kappa shape index (κ3) is 6.76. The molecule has 0 saturated carbocycles. The Hall–Kier alpha value is -1.16. The third-order valence-electron chi connectivity index (χ3n) is 4.14. The average molecular weight is 366 g/mol. The number of benzene rings is 2. The minimum atomic E-state index is 0. The van der Waals surface area contributed by atoms with Crippen LogP contribution in [0.3, 0.4) is 0 Å². The lowest BCUT2D eigenvalue weighted by Crippen LogP contribution is -2.40. The number of phenols is 1. The summed E-state index contributed by atoms with van der Waals surface area (Å²) in [6.45, 7) is 5.47. The Kier molecular flexibility index (Phi) is 8.68. The van der Waals surface area contributed by atoms with Crippen molar-refractivity contribution in [3.05, 3.63) is 59.7 Å². The summed E-state index contributed by atoms with van der Waals surface area (Å²) in [6, 6.07) is 16.5. The molecule has 132 valence electrons. The van der Waals surface area contributed by atoms with E-state index in [0.29, 0.717) is 5.75 Å². The zero-order valence-electron chi connectivity index (χ0n) is 14.7. The standard InChI is InChI=1S/C20H27NOS.ClH/c1-20(2,13-11-16-7-5-4-6-8-16)21-14-12-17-9-10-18(22)19(15-17)23-3;/h4-10,15,21-22H,11-14H2,1-3H3;1H. The van der Waals surface area contributed by atoms with Gasteiger partial charge in [0.25, 0.3) is 0 Å². The number of aryl methyl sites for hydroxylation is 1. The van der Waals surface area contributed by atoms with Gasteiger partial charge in [-0.15, -0.1) is 24.2 Å². The van der Waals surface area contributed by atoms with E-state index in [9.17, 15) is 5.11 Å². The predicted molar refractivity (Wildman–Crippen MR) is 108 cm³/mol. The van der Waals surface area contributed by atoms with Crippen molar-refractivity contribution in [1.82, 2.24) is 5.32 Å². The lowest BCUT2D eigenvalue weighted by Gasteiger charge is -2.26. The molecule has 2 aromatic rings. The molecule has 2 aromatic carbocycles. The van der Waals surface area contributed by atoms with E-state index in [1.165, 1.54) is 11.1 Å². The molecule has 2 nitrogen and oxygen atoms in total. The summed E-state index contributed by atoms with van der Waals surface area (Å²) >= 11 is 1.58. The number of hydrogen-bond donors (Lipinski definition) is 2. The molecule has 4 heteroatoms. The first-order chi connectivity index (χ1) is 11.0. The molecule has 0 bridgehead atoms. The number of aromatic hydroxyl groups is 1. The van der Waals surface area contributed by atoms with E-state index in [4.69, 9.17) is 0 Å². The van der Waals surface area contributed by atoms with Crippen LogP contribution in [-0.4, -0.2) is 23.4 Å². The molecule has 0 radical (unpaired) electrons. The first-order valence-electron chi connectivity index (χ1n) is 8.15. The molecule has 0 fully saturated rings. The van der Waals surface area contributed by atoms with E-state index in [0.717, 1.165) is 30.7 Å². The monoisotopic (exact) mass is 365 g/mol. The molecule has 0 amide bonds. The Morgan fingerprint density at radius 1 is 1.00 bits per heavy atom. The maximum absolute atomic E-state index is 9.73. The summed E-state index contributed by atoms with van der Waals surface area (Å²) in [5.41, 5.74) is 2.78. The van der Waals surface area contributed by atoms with Gasteiger partial charge in [0.15, 0.2) is 0 Å². The highest BCUT2D eigenvalue weighted by Crippen LogP contribution is 2.27. The molecule has 0 spiro atoms. The van der Waals surface area contributed by atoms with Gasteiger partial charge in [-0.25, -0.2) is 0 Å². The van der Waals surface area contributed by atoms with Crippen LogP contribution in [0.1, 0.15) is 31.4 Å². The van der Waals surface area contributed by atoms with Crippen LogP contribution in [0.15, 0.2) is 53.4 Å². The Balaban J connectivity index is 0.00000288. The molecule has 0 heterocycles. The summed E-state index contributed by atoms with van der Waals surface area (Å²) in [7, 11) is 0. The topological polar surface area (TPSA) is 32.3 Å². The van der Waals surface area contributed by atoms with Gasteiger partial charge in [0.2, 0.25) is 0 Å². The van der Waals surface area contributed by atoms with Gasteiger partial charge in [0.05, 0.1) is 0 Å². The summed E-state index contributed by atoms with van der Waals surface area (Å²) in [4.78, 5) is 0.950. The maximum Gasteiger partial charge on any atom is 0.129 e. The van der Waals surface area contributed by atoms with Crippen LogP contribution in [0.5, 0.6) is 5.75 Å². The van der Waals surface area contributed by atoms with Crippen molar-refractivity contribution in [1.29, 1.82) is 0 Å². The normalized spacial score (nSPS) is 11.1. The van der Waals surface area contributed by atoms with Gasteiger partial charge in [-0.2, -0.15) is 0 Å². The Bertz CT molecular complexity index is 616. The first kappa shape index (κ1) is 20.9. The summed E-state index contributed by atoms with van der Waals surface area (Å²) < 4.78 is 0. The number of phenolic OH excluding ortho intramolecular Hbond substituents is 1. The zero-order valence-corrected chi connectivity index (χ0v) is 16.3. The van der Waals surface area contributed by atoms with Gasteiger partial charge >= 0.3 is 0 Å². The SMILES string of the molecule is CSc1cc(CCNC(C)(C)CCc2ccccc2)ccc1O.Cl. The quantitative estimate of drug-likeness (QED) is 0.640. The van der Waals surface area contributed by atoms with Crippen molar-refractivity contribution in [3.8, 4) is 5.75 Å². The van der Waals surface area contributed by atoms with Crippen molar-refractivity contribution in [3.63, 3.8) is 0 Å². The van der Waals surface area contributed by atoms with Crippen molar-refractivity contribution in [2.45, 2.75) is 43.5 Å². The molecule has 0 aliphatic rings. The Labute approximate surface area is 156 Å². The van der Waals surface area contributed by atoms with Gasteiger partial charge in [0, 0.05) is 10.4 Å². The Morgan fingerprint density at radius 2 is 1.71 bits per heavy atom. The van der Waals surface area contributed by atoms with Gasteiger partial charge < -0.3 is 10.4 Å². The number of nitrogens with one attached hydrogen (secondary N) is 1. The second-order valence-corrected chi connectivity index (χ2v) is 7.40. The van der Waals surface area contributed by atoms with Gasteiger partial charge in [-0.1, -0.05) is 36.4 Å². The van der Waals surface area contributed by atoms with Crippen LogP contribution in [0.2, 0.25) is 0 Å². The number of thioether (sulfide) groups is 1. The van der Waals surface area contributed by atoms with E-state index in [-0.39, 0.29) is 17.9 Å². The van der Waals surface area contributed by atoms with Gasteiger partial charge in [0.1, 0.15) is 5.75 Å². The van der Waals surface area contributed by atoms with Crippen LogP contribution in [0.4, 0.5) is 0 Å². The molecule has 0 atom stereocenters. The van der Waals surface area contributed by atoms with E-state index >= 15 is 0 Å². The fourth-order valence-electron chi connectivity index (χ4n) is 2.61. The highest BCUT2D eigenvalue weighted by molar-refractivity contribution is 7.98. The second-order valence-electron chi connectivity index (χ2n) is 6.55. The smallest absolute Gasteiger partial charge is 0.129 e. The maximum atomic E-state index is 9.73. The summed E-state index contributed by atoms with van der Waals surface area (Å²) in [5.74, 6) is 0.373. The number of hydrogen-bond acceptors (Lipinski definition) is 3. The van der Waals surface area contributed by atoms with Crippen LogP contribution >= 0.6 is 24.2 Å². The molecule has 0 aromatic heterocycles. The number of rotatable bonds is 8. The van der Waals surface area contributed by atoms with Crippen LogP contribution < -0.4 is 5.32 Å². The lowest BCUT2D eigenvalue weighted by atomic mass is 9.95.